The Labute approximate surface area is 316 Å². The maximum absolute atomic E-state index is 13.1. The van der Waals surface area contributed by atoms with Crippen LogP contribution < -0.4 is 30.4 Å². The first-order valence-electron chi connectivity index (χ1n) is 17.9. The minimum absolute atomic E-state index is 0.0489. The van der Waals surface area contributed by atoms with Crippen molar-refractivity contribution >= 4 is 50.1 Å². The topological polar surface area (TPSA) is 198 Å². The number of unbranched alkanes of at least 4 members (excludes halogenated alkanes) is 1. The van der Waals surface area contributed by atoms with Crippen molar-refractivity contribution in [3.8, 4) is 22.8 Å². The molecule has 0 spiro atoms. The summed E-state index contributed by atoms with van der Waals surface area (Å²) in [5.74, 6) is -1.33. The molecule has 1 atom stereocenters. The molecule has 0 bridgehead atoms. The molecule has 2 fully saturated rings. The summed E-state index contributed by atoms with van der Waals surface area (Å²) in [4.78, 5) is 69.9. The van der Waals surface area contributed by atoms with Crippen molar-refractivity contribution < 1.29 is 37.1 Å². The first kappa shape index (κ1) is 37.7. The normalized spacial score (nSPS) is 17.7. The zero-order chi connectivity index (χ0) is 39.0. The number of amides is 4. The van der Waals surface area contributed by atoms with Gasteiger partial charge in [-0.2, -0.15) is 0 Å². The molecule has 4 amide bonds. The van der Waals surface area contributed by atoms with E-state index < -0.39 is 44.9 Å². The van der Waals surface area contributed by atoms with Crippen molar-refractivity contribution in [2.75, 3.05) is 45.7 Å². The molecular weight excluding hydrogens is 731 g/mol. The molecule has 2 aromatic heterocycles. The molecule has 3 N–H and O–H groups in total. The molecular formula is C38H41N7O9S. The molecule has 1 unspecified atom stereocenters. The number of nitrogens with zero attached hydrogens (tertiary/aromatic N) is 4. The van der Waals surface area contributed by atoms with Gasteiger partial charge in [0.05, 0.1) is 25.3 Å². The van der Waals surface area contributed by atoms with Crippen LogP contribution in [0.1, 0.15) is 52.0 Å². The fourth-order valence-electron chi connectivity index (χ4n) is 7.28. The zero-order valence-corrected chi connectivity index (χ0v) is 31.4. The number of anilines is 1. The number of pyridine rings is 2. The van der Waals surface area contributed by atoms with Crippen molar-refractivity contribution in [2.45, 2.75) is 43.5 Å². The number of piperidine rings is 1. The molecule has 16 nitrogen and oxygen atoms in total. The molecule has 7 rings (SSSR count). The fraction of sp³-hybridized carbons (Fsp3) is 0.368. The molecule has 3 aliphatic rings. The van der Waals surface area contributed by atoms with E-state index >= 15 is 0 Å². The molecule has 288 valence electrons. The summed E-state index contributed by atoms with van der Waals surface area (Å²) in [6.07, 6.45) is 4.73. The summed E-state index contributed by atoms with van der Waals surface area (Å²) in [7, 11) is 1.22. The zero-order valence-electron chi connectivity index (χ0n) is 30.6. The number of fused-ring (bicyclic) bond motifs is 2. The second-order valence-corrected chi connectivity index (χ2v) is 15.9. The van der Waals surface area contributed by atoms with E-state index in [4.69, 9.17) is 9.47 Å². The molecule has 55 heavy (non-hydrogen) atoms. The second-order valence-electron chi connectivity index (χ2n) is 13.8. The number of rotatable bonds is 14. The van der Waals surface area contributed by atoms with Gasteiger partial charge in [-0.05, 0) is 55.2 Å². The lowest BCUT2D eigenvalue weighted by molar-refractivity contribution is -0.136. The van der Waals surface area contributed by atoms with Gasteiger partial charge in [0, 0.05) is 80.8 Å². The highest BCUT2D eigenvalue weighted by Crippen LogP contribution is 2.34. The summed E-state index contributed by atoms with van der Waals surface area (Å²) >= 11 is 0. The van der Waals surface area contributed by atoms with Crippen LogP contribution in [0.5, 0.6) is 11.6 Å². The molecule has 2 aromatic carbocycles. The van der Waals surface area contributed by atoms with Gasteiger partial charge < -0.3 is 19.4 Å². The number of aryl methyl sites for hydroxylation is 1. The van der Waals surface area contributed by atoms with Gasteiger partial charge in [0.1, 0.15) is 22.4 Å². The minimum atomic E-state index is -3.53. The number of nitrogens with one attached hydrogen (secondary N) is 3. The molecule has 2 saturated heterocycles. The standard InChI is InChI=1S/C38H41N7O9S/c1-43-21-29(26-12-15-40-35(54-3)33(26)38(43)50)22-6-7-23(31(16-22)53-2)18-44-19-25(20-44)55(51,52)41-14-5-4-13-39-24-8-9-27-28(17-24)37(49)45(36(27)48)30-10-11-32(46)42-34(30)47/h6-9,12,15-17,21,25,30,39,41H,4-5,10-11,13-14,18-20H2,1-3H3,(H,42,46,47). The Morgan fingerprint density at radius 3 is 2.42 bits per heavy atom. The maximum atomic E-state index is 13.1. The van der Waals surface area contributed by atoms with E-state index in [1.807, 2.05) is 23.1 Å². The van der Waals surface area contributed by atoms with E-state index in [2.05, 4.69) is 20.3 Å². The number of hydrogen-bond donors (Lipinski definition) is 3. The van der Waals surface area contributed by atoms with Crippen LogP contribution in [0, 0.1) is 0 Å². The summed E-state index contributed by atoms with van der Waals surface area (Å²) in [6, 6.07) is 11.4. The maximum Gasteiger partial charge on any atom is 0.263 e. The average molecular weight is 772 g/mol. The van der Waals surface area contributed by atoms with E-state index in [1.165, 1.54) is 11.7 Å². The van der Waals surface area contributed by atoms with Crippen molar-refractivity contribution in [1.29, 1.82) is 0 Å². The predicted molar refractivity (Wildman–Crippen MR) is 202 cm³/mol. The van der Waals surface area contributed by atoms with Crippen LogP contribution in [0.15, 0.2) is 59.7 Å². The first-order chi connectivity index (χ1) is 26.4. The van der Waals surface area contributed by atoms with Crippen LogP contribution in [0.25, 0.3) is 21.9 Å². The Morgan fingerprint density at radius 2 is 1.67 bits per heavy atom. The number of sulfonamides is 1. The average Bonchev–Trinajstić information content (AvgIpc) is 3.40. The highest BCUT2D eigenvalue weighted by Gasteiger charge is 2.44. The van der Waals surface area contributed by atoms with Crippen molar-refractivity contribution in [3.05, 3.63) is 81.9 Å². The van der Waals surface area contributed by atoms with E-state index in [0.29, 0.717) is 61.2 Å². The molecule has 3 aliphatic heterocycles. The second kappa shape index (κ2) is 15.2. The number of aromatic nitrogens is 2. The lowest BCUT2D eigenvalue weighted by atomic mass is 9.99. The lowest BCUT2D eigenvalue weighted by Crippen LogP contribution is -2.57. The number of likely N-dealkylation sites (tertiary alicyclic amines) is 1. The number of benzene rings is 2. The smallest absolute Gasteiger partial charge is 0.263 e. The van der Waals surface area contributed by atoms with Gasteiger partial charge in [-0.3, -0.25) is 39.1 Å². The van der Waals surface area contributed by atoms with Crippen molar-refractivity contribution in [2.24, 2.45) is 7.05 Å². The number of ether oxygens (including phenoxy) is 2. The van der Waals surface area contributed by atoms with Gasteiger partial charge >= 0.3 is 0 Å². The fourth-order valence-corrected chi connectivity index (χ4v) is 8.76. The third-order valence-corrected chi connectivity index (χ3v) is 12.1. The Hall–Kier alpha value is -5.65. The van der Waals surface area contributed by atoms with Crippen LogP contribution in [0.3, 0.4) is 0 Å². The van der Waals surface area contributed by atoms with E-state index in [1.54, 1.807) is 50.8 Å². The molecule has 5 heterocycles. The van der Waals surface area contributed by atoms with Gasteiger partial charge in [-0.15, -0.1) is 0 Å². The van der Waals surface area contributed by atoms with Crippen LogP contribution in [-0.4, -0.2) is 103 Å². The van der Waals surface area contributed by atoms with E-state index in [9.17, 15) is 32.4 Å². The Kier molecular flexibility index (Phi) is 10.4. The number of methoxy groups -OCH3 is 2. The summed E-state index contributed by atoms with van der Waals surface area (Å²) in [6.45, 7) is 2.03. The Bertz CT molecular complexity index is 2390. The Morgan fingerprint density at radius 1 is 0.909 bits per heavy atom. The van der Waals surface area contributed by atoms with Gasteiger partial charge in [-0.25, -0.2) is 18.1 Å². The van der Waals surface area contributed by atoms with Crippen LogP contribution >= 0.6 is 0 Å². The summed E-state index contributed by atoms with van der Waals surface area (Å²) in [5.41, 5.74) is 3.36. The van der Waals surface area contributed by atoms with E-state index in [-0.39, 0.29) is 42.0 Å². The number of imide groups is 2. The molecule has 17 heteroatoms. The predicted octanol–water partition coefficient (Wildman–Crippen LogP) is 2.01. The van der Waals surface area contributed by atoms with Gasteiger partial charge in [-0.1, -0.05) is 12.1 Å². The van der Waals surface area contributed by atoms with Crippen molar-refractivity contribution in [3.63, 3.8) is 0 Å². The van der Waals surface area contributed by atoms with Crippen molar-refractivity contribution in [1.82, 2.24) is 29.4 Å². The summed E-state index contributed by atoms with van der Waals surface area (Å²) < 4.78 is 41.4. The van der Waals surface area contributed by atoms with Gasteiger partial charge in [0.25, 0.3) is 17.4 Å². The number of carbonyl (C=O) groups is 4. The molecule has 0 saturated carbocycles. The monoisotopic (exact) mass is 771 g/mol. The van der Waals surface area contributed by atoms with Crippen LogP contribution in [0.2, 0.25) is 0 Å². The first-order valence-corrected chi connectivity index (χ1v) is 19.4. The molecule has 0 aliphatic carbocycles. The van der Waals surface area contributed by atoms with Crippen LogP contribution in [-0.2, 0) is 33.2 Å². The van der Waals surface area contributed by atoms with Gasteiger partial charge in [0.2, 0.25) is 27.7 Å². The highest BCUT2D eigenvalue weighted by atomic mass is 32.2. The van der Waals surface area contributed by atoms with Gasteiger partial charge in [0.15, 0.2) is 0 Å². The quantitative estimate of drug-likeness (QED) is 0.125. The SMILES string of the molecule is COc1cc(-c2cn(C)c(=O)c3c(OC)nccc23)ccc1CN1CC(S(=O)(=O)NCCCCNc2ccc3c(c2)C(=O)N(C2CCC(=O)NC2=O)C3=O)C1. The summed E-state index contributed by atoms with van der Waals surface area (Å²) in [5, 5.41) is 5.95. The van der Waals surface area contributed by atoms with Crippen LogP contribution in [0.4, 0.5) is 5.69 Å². The molecule has 0 radical (unpaired) electrons. The minimum Gasteiger partial charge on any atom is -0.496 e. The highest BCUT2D eigenvalue weighted by molar-refractivity contribution is 7.90. The Balaban J connectivity index is 0.875. The third kappa shape index (κ3) is 7.29. The largest absolute Gasteiger partial charge is 0.496 e. The van der Waals surface area contributed by atoms with E-state index in [0.717, 1.165) is 21.6 Å². The number of hydrogen-bond acceptors (Lipinski definition) is 12. The molecule has 4 aromatic rings. The third-order valence-electron chi connectivity index (χ3n) is 10.3. The lowest BCUT2D eigenvalue weighted by Gasteiger charge is -2.38. The number of carbonyl (C=O) groups excluding carboxylic acids is 4.